The summed E-state index contributed by atoms with van der Waals surface area (Å²) in [4.78, 5) is 7.64. The predicted octanol–water partition coefficient (Wildman–Crippen LogP) is 1.64. The van der Waals surface area contributed by atoms with Crippen LogP contribution in [0.25, 0.3) is 0 Å². The zero-order valence-electron chi connectivity index (χ0n) is 11.9. The highest BCUT2D eigenvalue weighted by Gasteiger charge is 2.31. The largest absolute Gasteiger partial charge is 0.369 e. The Morgan fingerprint density at radius 1 is 1.22 bits per heavy atom. The van der Waals surface area contributed by atoms with Crippen LogP contribution in [0.2, 0.25) is 0 Å². The Hall–Kier alpha value is -0.800. The fraction of sp³-hybridized carbons (Fsp3) is 0.733. The van der Waals surface area contributed by atoms with Gasteiger partial charge in [0.1, 0.15) is 0 Å². The molecule has 0 saturated carbocycles. The highest BCUT2D eigenvalue weighted by atomic mass is 15.3. The number of piperazine rings is 2. The summed E-state index contributed by atoms with van der Waals surface area (Å²) < 4.78 is 0. The minimum absolute atomic E-state index is 0.669. The molecule has 0 amide bonds. The van der Waals surface area contributed by atoms with E-state index < -0.39 is 0 Å². The highest BCUT2D eigenvalue weighted by molar-refractivity contribution is 5.11. The third-order valence-electron chi connectivity index (χ3n) is 4.04. The van der Waals surface area contributed by atoms with Crippen molar-refractivity contribution in [3.8, 4) is 0 Å². The molecule has 0 aromatic carbocycles. The SMILES string of the molecule is C=CC(=C)N1CCN2CCN(CC(C)C)CC2C1. The third-order valence-corrected chi connectivity index (χ3v) is 4.04. The molecule has 2 aliphatic heterocycles. The van der Waals surface area contributed by atoms with Crippen LogP contribution in [0.4, 0.5) is 0 Å². The maximum atomic E-state index is 4.08. The van der Waals surface area contributed by atoms with Gasteiger partial charge in [-0.15, -0.1) is 0 Å². The zero-order chi connectivity index (χ0) is 13.1. The Balaban J connectivity index is 1.91. The van der Waals surface area contributed by atoms with Crippen LogP contribution < -0.4 is 0 Å². The van der Waals surface area contributed by atoms with E-state index in [0.29, 0.717) is 6.04 Å². The Labute approximate surface area is 112 Å². The summed E-state index contributed by atoms with van der Waals surface area (Å²) in [6.07, 6.45) is 1.88. The van der Waals surface area contributed by atoms with Crippen molar-refractivity contribution in [3.05, 3.63) is 24.9 Å². The van der Waals surface area contributed by atoms with E-state index in [-0.39, 0.29) is 0 Å². The molecular formula is C15H27N3. The second-order valence-electron chi connectivity index (χ2n) is 5.98. The summed E-state index contributed by atoms with van der Waals surface area (Å²) in [5.41, 5.74) is 1.08. The monoisotopic (exact) mass is 249 g/mol. The van der Waals surface area contributed by atoms with E-state index in [1.807, 2.05) is 6.08 Å². The zero-order valence-corrected chi connectivity index (χ0v) is 11.9. The van der Waals surface area contributed by atoms with Crippen LogP contribution in [0.1, 0.15) is 13.8 Å². The van der Waals surface area contributed by atoms with Gasteiger partial charge >= 0.3 is 0 Å². The maximum absolute atomic E-state index is 4.08. The maximum Gasteiger partial charge on any atom is 0.0399 e. The lowest BCUT2D eigenvalue weighted by molar-refractivity contribution is 0.0201. The smallest absolute Gasteiger partial charge is 0.0399 e. The summed E-state index contributed by atoms with van der Waals surface area (Å²) in [7, 11) is 0. The molecule has 0 N–H and O–H groups in total. The van der Waals surface area contributed by atoms with Crippen LogP contribution in [0.5, 0.6) is 0 Å². The van der Waals surface area contributed by atoms with Gasteiger partial charge in [0, 0.05) is 57.6 Å². The average molecular weight is 249 g/mol. The molecule has 2 heterocycles. The van der Waals surface area contributed by atoms with Gasteiger partial charge in [-0.05, 0) is 12.0 Å². The quantitative estimate of drug-likeness (QED) is 0.701. The average Bonchev–Trinajstić information content (AvgIpc) is 2.36. The van der Waals surface area contributed by atoms with Crippen LogP contribution in [0.3, 0.4) is 0 Å². The Bertz CT molecular complexity index is 311. The molecule has 3 heteroatoms. The first-order valence-electron chi connectivity index (χ1n) is 7.13. The fourth-order valence-electron chi connectivity index (χ4n) is 3.09. The Kier molecular flexibility index (Phi) is 4.46. The molecular weight excluding hydrogens is 222 g/mol. The number of allylic oxidation sites excluding steroid dienone is 1. The summed E-state index contributed by atoms with van der Waals surface area (Å²) >= 11 is 0. The van der Waals surface area contributed by atoms with E-state index >= 15 is 0 Å². The number of fused-ring (bicyclic) bond motifs is 1. The molecule has 2 fully saturated rings. The van der Waals surface area contributed by atoms with Gasteiger partial charge in [-0.3, -0.25) is 4.90 Å². The molecule has 0 aromatic heterocycles. The van der Waals surface area contributed by atoms with Crippen molar-refractivity contribution in [1.82, 2.24) is 14.7 Å². The van der Waals surface area contributed by atoms with E-state index in [1.54, 1.807) is 0 Å². The molecule has 2 rings (SSSR count). The van der Waals surface area contributed by atoms with Crippen molar-refractivity contribution in [2.24, 2.45) is 5.92 Å². The van der Waals surface area contributed by atoms with Crippen LogP contribution in [0, 0.1) is 5.92 Å². The van der Waals surface area contributed by atoms with E-state index in [9.17, 15) is 0 Å². The summed E-state index contributed by atoms with van der Waals surface area (Å²) in [6, 6.07) is 0.669. The van der Waals surface area contributed by atoms with Crippen LogP contribution >= 0.6 is 0 Å². The summed E-state index contributed by atoms with van der Waals surface area (Å²) in [6.45, 7) is 20.8. The minimum Gasteiger partial charge on any atom is -0.369 e. The number of hydrogen-bond acceptors (Lipinski definition) is 3. The van der Waals surface area contributed by atoms with Gasteiger partial charge < -0.3 is 9.80 Å². The van der Waals surface area contributed by atoms with Crippen molar-refractivity contribution >= 4 is 0 Å². The van der Waals surface area contributed by atoms with Gasteiger partial charge in [0.15, 0.2) is 0 Å². The third kappa shape index (κ3) is 3.15. The van der Waals surface area contributed by atoms with Gasteiger partial charge in [0.25, 0.3) is 0 Å². The van der Waals surface area contributed by atoms with E-state index in [0.717, 1.165) is 24.7 Å². The Morgan fingerprint density at radius 2 is 1.94 bits per heavy atom. The molecule has 3 nitrogen and oxygen atoms in total. The molecule has 1 atom stereocenters. The van der Waals surface area contributed by atoms with Crippen LogP contribution in [-0.2, 0) is 0 Å². The molecule has 0 aromatic rings. The van der Waals surface area contributed by atoms with Gasteiger partial charge in [0.2, 0.25) is 0 Å². The lowest BCUT2D eigenvalue weighted by atomic mass is 10.1. The lowest BCUT2D eigenvalue weighted by Gasteiger charge is -2.48. The van der Waals surface area contributed by atoms with Crippen LogP contribution in [0.15, 0.2) is 24.9 Å². The minimum atomic E-state index is 0.669. The standard InChI is InChI=1S/C15H27N3/c1-5-14(4)18-9-8-17-7-6-16(10-13(2)3)11-15(17)12-18/h5,13,15H,1,4,6-12H2,2-3H3. The van der Waals surface area contributed by atoms with Gasteiger partial charge in [-0.2, -0.15) is 0 Å². The Morgan fingerprint density at radius 3 is 2.61 bits per heavy atom. The van der Waals surface area contributed by atoms with Crippen LogP contribution in [-0.4, -0.2) is 66.6 Å². The first-order chi connectivity index (χ1) is 8.60. The summed E-state index contributed by atoms with van der Waals surface area (Å²) in [5.74, 6) is 0.763. The van der Waals surface area contributed by atoms with Gasteiger partial charge in [-0.1, -0.05) is 27.0 Å². The van der Waals surface area contributed by atoms with Crippen molar-refractivity contribution < 1.29 is 0 Å². The molecule has 0 spiro atoms. The van der Waals surface area contributed by atoms with Crippen molar-refractivity contribution in [3.63, 3.8) is 0 Å². The van der Waals surface area contributed by atoms with Crippen molar-refractivity contribution in [2.75, 3.05) is 45.8 Å². The number of hydrogen-bond donors (Lipinski definition) is 0. The molecule has 1 unspecified atom stereocenters. The van der Waals surface area contributed by atoms with E-state index in [2.05, 4.69) is 41.7 Å². The predicted molar refractivity (Wildman–Crippen MR) is 77.5 cm³/mol. The second-order valence-corrected chi connectivity index (χ2v) is 5.98. The number of nitrogens with zero attached hydrogens (tertiary/aromatic N) is 3. The molecule has 102 valence electrons. The molecule has 0 radical (unpaired) electrons. The van der Waals surface area contributed by atoms with Gasteiger partial charge in [0.05, 0.1) is 0 Å². The normalized spacial score (nSPS) is 26.2. The van der Waals surface area contributed by atoms with Crippen molar-refractivity contribution in [2.45, 2.75) is 19.9 Å². The first-order valence-corrected chi connectivity index (χ1v) is 7.13. The topological polar surface area (TPSA) is 9.72 Å². The highest BCUT2D eigenvalue weighted by Crippen LogP contribution is 2.19. The molecule has 2 saturated heterocycles. The second kappa shape index (κ2) is 5.89. The first kappa shape index (κ1) is 13.6. The van der Waals surface area contributed by atoms with Gasteiger partial charge in [-0.25, -0.2) is 0 Å². The number of rotatable bonds is 4. The van der Waals surface area contributed by atoms with E-state index in [4.69, 9.17) is 0 Å². The molecule has 2 aliphatic rings. The molecule has 0 bridgehead atoms. The van der Waals surface area contributed by atoms with Crippen molar-refractivity contribution in [1.29, 1.82) is 0 Å². The molecule has 18 heavy (non-hydrogen) atoms. The summed E-state index contributed by atoms with van der Waals surface area (Å²) in [5, 5.41) is 0. The van der Waals surface area contributed by atoms with E-state index in [1.165, 1.54) is 32.7 Å². The fourth-order valence-corrected chi connectivity index (χ4v) is 3.09. The molecule has 0 aliphatic carbocycles. The lowest BCUT2D eigenvalue weighted by Crippen LogP contribution is -2.61.